The van der Waals surface area contributed by atoms with Gasteiger partial charge in [0.1, 0.15) is 0 Å². The Morgan fingerprint density at radius 1 is 0.892 bits per heavy atom. The highest BCUT2D eigenvalue weighted by Crippen LogP contribution is 2.37. The molecule has 192 valence electrons. The number of aryl methyl sites for hydroxylation is 1. The number of benzene rings is 2. The lowest BCUT2D eigenvalue weighted by Crippen LogP contribution is -2.45. The largest absolute Gasteiger partial charge is 0.371 e. The lowest BCUT2D eigenvalue weighted by Gasteiger charge is -2.38. The first-order chi connectivity index (χ1) is 17.8. The summed E-state index contributed by atoms with van der Waals surface area (Å²) in [6, 6.07) is 15.0. The van der Waals surface area contributed by atoms with Crippen molar-refractivity contribution in [2.45, 2.75) is 37.8 Å². The van der Waals surface area contributed by atoms with Gasteiger partial charge in [0.05, 0.1) is 16.6 Å². The molecular weight excluding hydrogens is 507 g/mol. The second-order valence-electron chi connectivity index (χ2n) is 9.85. The highest BCUT2D eigenvalue weighted by Gasteiger charge is 2.32. The average Bonchev–Trinajstić information content (AvgIpc) is 3.36. The molecule has 0 spiro atoms. The van der Waals surface area contributed by atoms with Gasteiger partial charge in [-0.25, -0.2) is 0 Å². The van der Waals surface area contributed by atoms with Gasteiger partial charge in [-0.2, -0.15) is 0 Å². The molecule has 1 fully saturated rings. The van der Waals surface area contributed by atoms with Crippen molar-refractivity contribution in [3.05, 3.63) is 93.2 Å². The molecule has 1 unspecified atom stereocenters. The van der Waals surface area contributed by atoms with Gasteiger partial charge in [-0.15, -0.1) is 0 Å². The number of carbonyl (C=O) groups is 2. The Morgan fingerprint density at radius 3 is 2.35 bits per heavy atom. The first-order valence-corrected chi connectivity index (χ1v) is 13.4. The Morgan fingerprint density at radius 2 is 1.62 bits per heavy atom. The topological polar surface area (TPSA) is 56.8 Å². The highest BCUT2D eigenvalue weighted by molar-refractivity contribution is 6.35. The number of hydrogen-bond acceptors (Lipinski definition) is 4. The van der Waals surface area contributed by atoms with Crippen LogP contribution in [0.1, 0.15) is 57.1 Å². The Hall–Kier alpha value is -3.09. The molecule has 2 aromatic carbocycles. The van der Waals surface area contributed by atoms with E-state index in [1.165, 1.54) is 11.3 Å². The summed E-state index contributed by atoms with van der Waals surface area (Å²) in [4.78, 5) is 36.8. The summed E-state index contributed by atoms with van der Waals surface area (Å²) in [5.74, 6) is -0.164. The molecule has 1 saturated heterocycles. The minimum Gasteiger partial charge on any atom is -0.371 e. The first-order valence-electron chi connectivity index (χ1n) is 12.6. The molecule has 0 bridgehead atoms. The summed E-state index contributed by atoms with van der Waals surface area (Å²) >= 11 is 12.4. The summed E-state index contributed by atoms with van der Waals surface area (Å²) in [5.41, 5.74) is 4.42. The number of pyridine rings is 1. The van der Waals surface area contributed by atoms with Gasteiger partial charge < -0.3 is 14.7 Å². The minimum atomic E-state index is -0.180. The molecule has 0 N–H and O–H groups in total. The van der Waals surface area contributed by atoms with Crippen LogP contribution in [0, 0.1) is 0 Å². The van der Waals surface area contributed by atoms with E-state index in [1.54, 1.807) is 30.1 Å². The van der Waals surface area contributed by atoms with Crippen LogP contribution in [0.2, 0.25) is 10.0 Å². The van der Waals surface area contributed by atoms with Gasteiger partial charge in [0.15, 0.2) is 0 Å². The Kier molecular flexibility index (Phi) is 7.40. The molecule has 2 heterocycles. The van der Waals surface area contributed by atoms with Crippen molar-refractivity contribution in [1.29, 1.82) is 0 Å². The molecule has 2 amide bonds. The zero-order valence-electron chi connectivity index (χ0n) is 21.0. The molecule has 0 saturated carbocycles. The molecule has 6 nitrogen and oxygen atoms in total. The van der Waals surface area contributed by atoms with E-state index in [9.17, 15) is 9.59 Å². The summed E-state index contributed by atoms with van der Waals surface area (Å²) in [6.07, 6.45) is 7.11. The number of nitrogens with zero attached hydrogens (tertiary/aromatic N) is 4. The molecule has 1 atom stereocenters. The van der Waals surface area contributed by atoms with Crippen LogP contribution in [0.5, 0.6) is 0 Å². The van der Waals surface area contributed by atoms with Crippen molar-refractivity contribution >= 4 is 40.7 Å². The molecule has 5 rings (SSSR count). The van der Waals surface area contributed by atoms with Gasteiger partial charge in [-0.05, 0) is 79.3 Å². The number of piperidine rings is 1. The fourth-order valence-electron chi connectivity index (χ4n) is 5.54. The van der Waals surface area contributed by atoms with Crippen LogP contribution < -0.4 is 4.90 Å². The Bertz CT molecular complexity index is 1310. The molecule has 37 heavy (non-hydrogen) atoms. The van der Waals surface area contributed by atoms with Gasteiger partial charge in [-0.1, -0.05) is 29.3 Å². The first kappa shape index (κ1) is 25.6. The summed E-state index contributed by atoms with van der Waals surface area (Å²) in [7, 11) is 3.69. The van der Waals surface area contributed by atoms with Gasteiger partial charge >= 0.3 is 0 Å². The number of fused-ring (bicyclic) bond motifs is 1. The van der Waals surface area contributed by atoms with E-state index in [2.05, 4.69) is 9.88 Å². The highest BCUT2D eigenvalue weighted by atomic mass is 35.5. The van der Waals surface area contributed by atoms with Crippen LogP contribution in [0.25, 0.3) is 0 Å². The van der Waals surface area contributed by atoms with Crippen LogP contribution in [0.15, 0.2) is 60.9 Å². The smallest absolute Gasteiger partial charge is 0.255 e. The van der Waals surface area contributed by atoms with E-state index >= 15 is 0 Å². The lowest BCUT2D eigenvalue weighted by atomic mass is 9.99. The van der Waals surface area contributed by atoms with Crippen molar-refractivity contribution in [1.82, 2.24) is 14.8 Å². The third-order valence-corrected chi connectivity index (χ3v) is 8.31. The molecule has 2 aliphatic rings. The maximum Gasteiger partial charge on any atom is 0.255 e. The number of amides is 2. The quantitative estimate of drug-likeness (QED) is 0.408. The maximum atomic E-state index is 13.5. The van der Waals surface area contributed by atoms with Crippen LogP contribution >= 0.6 is 23.2 Å². The number of hydrogen-bond donors (Lipinski definition) is 0. The minimum absolute atomic E-state index is 0.0164. The van der Waals surface area contributed by atoms with Crippen LogP contribution in [0.4, 0.5) is 5.69 Å². The molecule has 3 aromatic rings. The predicted molar refractivity (Wildman–Crippen MR) is 148 cm³/mol. The normalized spacial score (nSPS) is 17.4. The van der Waals surface area contributed by atoms with Gasteiger partial charge in [0.2, 0.25) is 0 Å². The zero-order valence-corrected chi connectivity index (χ0v) is 22.5. The van der Waals surface area contributed by atoms with E-state index in [0.717, 1.165) is 44.3 Å². The van der Waals surface area contributed by atoms with Gasteiger partial charge in [0.25, 0.3) is 11.8 Å². The van der Waals surface area contributed by atoms with Crippen LogP contribution in [0.3, 0.4) is 0 Å². The third kappa shape index (κ3) is 5.18. The number of carbonyl (C=O) groups excluding carboxylic acids is 2. The van der Waals surface area contributed by atoms with E-state index in [4.69, 9.17) is 23.2 Å². The van der Waals surface area contributed by atoms with Crippen LogP contribution in [-0.2, 0) is 6.42 Å². The van der Waals surface area contributed by atoms with Crippen LogP contribution in [-0.4, -0.2) is 59.8 Å². The maximum absolute atomic E-state index is 13.5. The number of halogens is 2. The number of anilines is 1. The third-order valence-electron chi connectivity index (χ3n) is 7.75. The summed E-state index contributed by atoms with van der Waals surface area (Å²) in [6.45, 7) is 1.80. The SMILES string of the molecule is CN(C(=O)c1ccc2c(c1)C(N(C)C(=O)c1cc(Cl)ccc1Cl)CC2)C1CCN(c2ccncc2)CC1. The fraction of sp³-hybridized carbons (Fsp3) is 0.345. The molecule has 1 aliphatic carbocycles. The van der Waals surface area contributed by atoms with E-state index in [-0.39, 0.29) is 23.9 Å². The number of rotatable bonds is 5. The monoisotopic (exact) mass is 536 g/mol. The average molecular weight is 537 g/mol. The lowest BCUT2D eigenvalue weighted by molar-refractivity contribution is 0.0709. The molecule has 8 heteroatoms. The molecule has 1 aliphatic heterocycles. The second-order valence-corrected chi connectivity index (χ2v) is 10.7. The fourth-order valence-corrected chi connectivity index (χ4v) is 5.91. The van der Waals surface area contributed by atoms with Crippen molar-refractivity contribution < 1.29 is 9.59 Å². The van der Waals surface area contributed by atoms with Crippen molar-refractivity contribution in [2.24, 2.45) is 0 Å². The Balaban J connectivity index is 1.29. The van der Waals surface area contributed by atoms with E-state index in [1.807, 2.05) is 54.7 Å². The van der Waals surface area contributed by atoms with E-state index in [0.29, 0.717) is 21.2 Å². The number of aromatic nitrogens is 1. The summed E-state index contributed by atoms with van der Waals surface area (Å²) in [5, 5.41) is 0.843. The Labute approximate surface area is 227 Å². The summed E-state index contributed by atoms with van der Waals surface area (Å²) < 4.78 is 0. The zero-order chi connectivity index (χ0) is 26.1. The van der Waals surface area contributed by atoms with Crippen molar-refractivity contribution in [3.8, 4) is 0 Å². The second kappa shape index (κ2) is 10.7. The van der Waals surface area contributed by atoms with Crippen molar-refractivity contribution in [3.63, 3.8) is 0 Å². The molecular formula is C29H30Cl2N4O2. The van der Waals surface area contributed by atoms with Gasteiger partial charge in [0, 0.05) is 61.9 Å². The predicted octanol–water partition coefficient (Wildman–Crippen LogP) is 5.89. The molecule has 1 aromatic heterocycles. The van der Waals surface area contributed by atoms with E-state index < -0.39 is 0 Å². The van der Waals surface area contributed by atoms with Crippen molar-refractivity contribution in [2.75, 3.05) is 32.1 Å². The van der Waals surface area contributed by atoms with Gasteiger partial charge in [-0.3, -0.25) is 14.6 Å². The molecule has 0 radical (unpaired) electrons. The standard InChI is InChI=1S/C29H30Cl2N4O2/c1-33(22-11-15-35(16-12-22)23-9-13-32-14-10-23)28(36)20-4-3-19-5-8-27(24(19)17-20)34(2)29(37)25-18-21(30)6-7-26(25)31/h3-4,6-7,9-10,13-14,17-18,22,27H,5,8,11-12,15-16H2,1-2H3.